The molecule has 0 atom stereocenters. The molecule has 0 fully saturated rings. The van der Waals surface area contributed by atoms with Gasteiger partial charge in [-0.2, -0.15) is 13.2 Å². The van der Waals surface area contributed by atoms with Crippen LogP contribution in [-0.2, 0) is 6.18 Å². The molecule has 0 aliphatic heterocycles. The van der Waals surface area contributed by atoms with Gasteiger partial charge in [-0.1, -0.05) is 34.1 Å². The van der Waals surface area contributed by atoms with Gasteiger partial charge in [0.2, 0.25) is 0 Å². The molecule has 2 aromatic carbocycles. The van der Waals surface area contributed by atoms with E-state index >= 15 is 0 Å². The van der Waals surface area contributed by atoms with Crippen LogP contribution in [0.15, 0.2) is 53.1 Å². The SMILES string of the molecule is Cc1cc(Br)cc2[nH]c(-c3cc(C(=O)c4ccccc4C(F)(F)F)c[nH]3)nc12. The van der Waals surface area contributed by atoms with Crippen LogP contribution in [0.1, 0.15) is 27.0 Å². The van der Waals surface area contributed by atoms with Gasteiger partial charge in [-0.15, -0.1) is 0 Å². The molecule has 28 heavy (non-hydrogen) atoms. The van der Waals surface area contributed by atoms with Crippen LogP contribution in [0.5, 0.6) is 0 Å². The van der Waals surface area contributed by atoms with E-state index in [1.165, 1.54) is 30.5 Å². The fourth-order valence-corrected chi connectivity index (χ4v) is 3.69. The standard InChI is InChI=1S/C20H13BrF3N3O/c1-10-6-12(21)8-15-17(10)27-19(26-15)16-7-11(9-25-16)18(28)13-4-2-3-5-14(13)20(22,23)24/h2-9,25H,1H3,(H,26,27). The van der Waals surface area contributed by atoms with Crippen molar-refractivity contribution < 1.29 is 18.0 Å². The topological polar surface area (TPSA) is 61.5 Å². The molecule has 2 aromatic heterocycles. The van der Waals surface area contributed by atoms with Crippen LogP contribution in [-0.4, -0.2) is 20.7 Å². The van der Waals surface area contributed by atoms with Crippen molar-refractivity contribution in [1.29, 1.82) is 0 Å². The lowest BCUT2D eigenvalue weighted by Crippen LogP contribution is -2.13. The van der Waals surface area contributed by atoms with E-state index in [0.29, 0.717) is 11.5 Å². The molecule has 0 unspecified atom stereocenters. The number of imidazole rings is 1. The van der Waals surface area contributed by atoms with Crippen LogP contribution in [0.2, 0.25) is 0 Å². The summed E-state index contributed by atoms with van der Waals surface area (Å²) in [5.74, 6) is -0.204. The number of halogens is 4. The Bertz CT molecular complexity index is 1210. The number of alkyl halides is 3. The summed E-state index contributed by atoms with van der Waals surface area (Å²) in [5.41, 5.74) is 1.87. The van der Waals surface area contributed by atoms with Crippen molar-refractivity contribution in [2.45, 2.75) is 13.1 Å². The highest BCUT2D eigenvalue weighted by Gasteiger charge is 2.35. The summed E-state index contributed by atoms with van der Waals surface area (Å²) in [5, 5.41) is 0. The fraction of sp³-hybridized carbons (Fsp3) is 0.100. The first-order valence-corrected chi connectivity index (χ1v) is 9.09. The van der Waals surface area contributed by atoms with Crippen molar-refractivity contribution in [2.75, 3.05) is 0 Å². The number of rotatable bonds is 3. The number of aromatic nitrogens is 3. The molecular weight excluding hydrogens is 435 g/mol. The average Bonchev–Trinajstić information content (AvgIpc) is 3.27. The number of hydrogen-bond donors (Lipinski definition) is 2. The van der Waals surface area contributed by atoms with E-state index in [1.54, 1.807) is 0 Å². The summed E-state index contributed by atoms with van der Waals surface area (Å²) in [4.78, 5) is 23.3. The normalized spacial score (nSPS) is 11.9. The van der Waals surface area contributed by atoms with E-state index in [2.05, 4.69) is 30.9 Å². The average molecular weight is 448 g/mol. The highest BCUT2D eigenvalue weighted by atomic mass is 79.9. The molecule has 0 spiro atoms. The van der Waals surface area contributed by atoms with Gasteiger partial charge in [-0.05, 0) is 36.8 Å². The summed E-state index contributed by atoms with van der Waals surface area (Å²) in [6, 6.07) is 10.1. The Morgan fingerprint density at radius 2 is 1.89 bits per heavy atom. The zero-order chi connectivity index (χ0) is 20.1. The molecule has 0 aliphatic carbocycles. The third-order valence-corrected chi connectivity index (χ3v) is 4.88. The minimum atomic E-state index is -4.60. The Morgan fingerprint density at radius 3 is 2.64 bits per heavy atom. The fourth-order valence-electron chi connectivity index (χ4n) is 3.12. The van der Waals surface area contributed by atoms with E-state index in [-0.39, 0.29) is 11.1 Å². The van der Waals surface area contributed by atoms with Gasteiger partial charge in [0.05, 0.1) is 22.3 Å². The first-order chi connectivity index (χ1) is 13.2. The Hall–Kier alpha value is -2.87. The summed E-state index contributed by atoms with van der Waals surface area (Å²) < 4.78 is 40.5. The van der Waals surface area contributed by atoms with E-state index in [4.69, 9.17) is 0 Å². The highest BCUT2D eigenvalue weighted by molar-refractivity contribution is 9.10. The molecule has 4 aromatic rings. The lowest BCUT2D eigenvalue weighted by atomic mass is 9.99. The highest BCUT2D eigenvalue weighted by Crippen LogP contribution is 2.33. The Kier molecular flexibility index (Phi) is 4.38. The van der Waals surface area contributed by atoms with Crippen molar-refractivity contribution in [3.05, 3.63) is 75.4 Å². The minimum absolute atomic E-state index is 0.130. The zero-order valence-electron chi connectivity index (χ0n) is 14.5. The molecular formula is C20H13BrF3N3O. The Balaban J connectivity index is 1.73. The van der Waals surface area contributed by atoms with Crippen molar-refractivity contribution in [3.63, 3.8) is 0 Å². The molecule has 2 N–H and O–H groups in total. The minimum Gasteiger partial charge on any atom is -0.358 e. The number of aryl methyl sites for hydroxylation is 1. The van der Waals surface area contributed by atoms with Gasteiger partial charge in [-0.3, -0.25) is 4.79 Å². The number of fused-ring (bicyclic) bond motifs is 1. The lowest BCUT2D eigenvalue weighted by Gasteiger charge is -2.10. The van der Waals surface area contributed by atoms with Crippen molar-refractivity contribution in [2.24, 2.45) is 0 Å². The molecule has 0 radical (unpaired) electrons. The monoisotopic (exact) mass is 447 g/mol. The van der Waals surface area contributed by atoms with Gasteiger partial charge in [0.15, 0.2) is 11.6 Å². The van der Waals surface area contributed by atoms with E-state index in [9.17, 15) is 18.0 Å². The number of aromatic amines is 2. The Labute approximate surface area is 165 Å². The molecule has 0 saturated heterocycles. The number of nitrogens with zero attached hydrogens (tertiary/aromatic N) is 1. The largest absolute Gasteiger partial charge is 0.417 e. The molecule has 0 aliphatic rings. The maximum atomic E-state index is 13.2. The zero-order valence-corrected chi connectivity index (χ0v) is 16.1. The van der Waals surface area contributed by atoms with Gasteiger partial charge >= 0.3 is 6.18 Å². The first kappa shape index (κ1) is 18.5. The molecule has 8 heteroatoms. The predicted molar refractivity (Wildman–Crippen MR) is 103 cm³/mol. The van der Waals surface area contributed by atoms with Gasteiger partial charge in [0.25, 0.3) is 0 Å². The summed E-state index contributed by atoms with van der Waals surface area (Å²) in [7, 11) is 0. The van der Waals surface area contributed by atoms with Gasteiger partial charge in [0, 0.05) is 21.8 Å². The maximum absolute atomic E-state index is 13.2. The number of nitrogens with one attached hydrogen (secondary N) is 2. The molecule has 4 rings (SSSR count). The first-order valence-electron chi connectivity index (χ1n) is 8.29. The molecule has 2 heterocycles. The maximum Gasteiger partial charge on any atom is 0.417 e. The van der Waals surface area contributed by atoms with Crippen LogP contribution in [0, 0.1) is 6.92 Å². The van der Waals surface area contributed by atoms with Gasteiger partial charge < -0.3 is 9.97 Å². The number of carbonyl (C=O) groups excluding carboxylic acids is 1. The summed E-state index contributed by atoms with van der Waals surface area (Å²) >= 11 is 3.43. The van der Waals surface area contributed by atoms with Crippen molar-refractivity contribution in [3.8, 4) is 11.5 Å². The smallest absolute Gasteiger partial charge is 0.358 e. The second-order valence-electron chi connectivity index (χ2n) is 6.38. The summed E-state index contributed by atoms with van der Waals surface area (Å²) in [6.07, 6.45) is -3.21. The number of hydrogen-bond acceptors (Lipinski definition) is 2. The van der Waals surface area contributed by atoms with Crippen molar-refractivity contribution in [1.82, 2.24) is 15.0 Å². The third-order valence-electron chi connectivity index (χ3n) is 4.42. The molecule has 0 bridgehead atoms. The van der Waals surface area contributed by atoms with E-state index in [0.717, 1.165) is 27.1 Å². The van der Waals surface area contributed by atoms with E-state index in [1.807, 2.05) is 19.1 Å². The van der Waals surface area contributed by atoms with Crippen LogP contribution in [0.3, 0.4) is 0 Å². The predicted octanol–water partition coefficient (Wildman–Crippen LogP) is 5.88. The number of H-pyrrole nitrogens is 2. The summed E-state index contributed by atoms with van der Waals surface area (Å²) in [6.45, 7) is 1.93. The third kappa shape index (κ3) is 3.24. The molecule has 4 nitrogen and oxygen atoms in total. The van der Waals surface area contributed by atoms with E-state index < -0.39 is 17.5 Å². The second kappa shape index (κ2) is 6.63. The lowest BCUT2D eigenvalue weighted by molar-refractivity contribution is -0.137. The molecule has 142 valence electrons. The molecule has 0 saturated carbocycles. The number of carbonyl (C=O) groups is 1. The second-order valence-corrected chi connectivity index (χ2v) is 7.29. The van der Waals surface area contributed by atoms with Crippen molar-refractivity contribution >= 4 is 32.7 Å². The number of benzene rings is 2. The van der Waals surface area contributed by atoms with Crippen LogP contribution in [0.4, 0.5) is 13.2 Å². The quantitative estimate of drug-likeness (QED) is 0.385. The molecule has 0 amide bonds. The van der Waals surface area contributed by atoms with Gasteiger partial charge in [0.1, 0.15) is 0 Å². The Morgan fingerprint density at radius 1 is 1.14 bits per heavy atom. The van der Waals surface area contributed by atoms with Crippen LogP contribution in [0.25, 0.3) is 22.6 Å². The van der Waals surface area contributed by atoms with Crippen LogP contribution < -0.4 is 0 Å². The van der Waals surface area contributed by atoms with Gasteiger partial charge in [-0.25, -0.2) is 4.98 Å². The number of ketones is 1. The van der Waals surface area contributed by atoms with Crippen LogP contribution >= 0.6 is 15.9 Å².